The van der Waals surface area contributed by atoms with E-state index in [1.807, 2.05) is 0 Å². The van der Waals surface area contributed by atoms with E-state index in [9.17, 15) is 17.3 Å². The van der Waals surface area contributed by atoms with Crippen molar-refractivity contribution < 1.29 is 21.8 Å². The molecule has 0 amide bonds. The van der Waals surface area contributed by atoms with Crippen LogP contribution in [-0.2, 0) is 0 Å². The second-order valence-electron chi connectivity index (χ2n) is 6.61. The van der Waals surface area contributed by atoms with Gasteiger partial charge in [-0.15, -0.1) is 0 Å². The molecule has 0 unspecified atom stereocenters. The highest BCUT2D eigenvalue weighted by molar-refractivity contribution is 6.50. The average molecular weight is 269 g/mol. The summed E-state index contributed by atoms with van der Waals surface area (Å²) >= 11 is 0. The van der Waals surface area contributed by atoms with Crippen molar-refractivity contribution in [1.29, 1.82) is 0 Å². The van der Waals surface area contributed by atoms with Gasteiger partial charge in [0.1, 0.15) is 14.1 Å². The third kappa shape index (κ3) is 2.89. The first kappa shape index (κ1) is 17.5. The first-order chi connectivity index (χ1) is 7.57. The highest BCUT2D eigenvalue weighted by Gasteiger charge is 2.69. The second-order valence-corrected chi connectivity index (χ2v) is 6.61. The second kappa shape index (κ2) is 4.53. The standard InChI is InChI=1S/C12H24N.BF4/c1-10(2)9(13(7)8)11(3,4)12(10,5)6;2-1(3,4)5/h1-8H3;/q+1;-1. The van der Waals surface area contributed by atoms with Crippen LogP contribution in [0.2, 0.25) is 0 Å². The van der Waals surface area contributed by atoms with Gasteiger partial charge in [-0.05, 0) is 33.1 Å². The molecule has 0 radical (unpaired) electrons. The van der Waals surface area contributed by atoms with Crippen molar-refractivity contribution in [2.24, 2.45) is 16.2 Å². The van der Waals surface area contributed by atoms with Crippen molar-refractivity contribution in [3.63, 3.8) is 0 Å². The van der Waals surface area contributed by atoms with Crippen LogP contribution in [0, 0.1) is 16.2 Å². The van der Waals surface area contributed by atoms with Crippen LogP contribution < -0.4 is 0 Å². The van der Waals surface area contributed by atoms with Crippen molar-refractivity contribution >= 4 is 13.0 Å². The van der Waals surface area contributed by atoms with E-state index in [-0.39, 0.29) is 0 Å². The van der Waals surface area contributed by atoms with E-state index in [4.69, 9.17) is 0 Å². The highest BCUT2D eigenvalue weighted by atomic mass is 19.5. The van der Waals surface area contributed by atoms with Gasteiger partial charge < -0.3 is 17.3 Å². The fourth-order valence-electron chi connectivity index (χ4n) is 3.21. The Morgan fingerprint density at radius 2 is 1.00 bits per heavy atom. The molecule has 0 spiro atoms. The predicted octanol–water partition coefficient (Wildman–Crippen LogP) is 4.09. The monoisotopic (exact) mass is 269 g/mol. The minimum Gasteiger partial charge on any atom is -0.418 e. The van der Waals surface area contributed by atoms with Crippen LogP contribution in [0.3, 0.4) is 0 Å². The summed E-state index contributed by atoms with van der Waals surface area (Å²) in [5.41, 5.74) is 2.63. The van der Waals surface area contributed by atoms with Crippen LogP contribution in [0.5, 0.6) is 0 Å². The van der Waals surface area contributed by atoms with Crippen molar-refractivity contribution in [1.82, 2.24) is 0 Å². The van der Waals surface area contributed by atoms with Gasteiger partial charge in [0.2, 0.25) is 0 Å². The molecule has 18 heavy (non-hydrogen) atoms. The van der Waals surface area contributed by atoms with Gasteiger partial charge in [-0.3, -0.25) is 0 Å². The highest BCUT2D eigenvalue weighted by Crippen LogP contribution is 2.64. The summed E-state index contributed by atoms with van der Waals surface area (Å²) in [6.07, 6.45) is 0. The first-order valence-corrected chi connectivity index (χ1v) is 5.99. The molecule has 0 aromatic rings. The number of nitrogens with zero attached hydrogens (tertiary/aromatic N) is 1. The summed E-state index contributed by atoms with van der Waals surface area (Å²) in [5.74, 6) is 0. The molecule has 0 aliphatic heterocycles. The smallest absolute Gasteiger partial charge is 0.418 e. The number of hydrogen-bond donors (Lipinski definition) is 0. The van der Waals surface area contributed by atoms with Gasteiger partial charge in [0.25, 0.3) is 0 Å². The fourth-order valence-corrected chi connectivity index (χ4v) is 3.21. The molecule has 1 aliphatic carbocycles. The average Bonchev–Trinajstić information content (AvgIpc) is 1.96. The van der Waals surface area contributed by atoms with Gasteiger partial charge in [-0.1, -0.05) is 13.8 Å². The molecule has 1 fully saturated rings. The molecule has 0 saturated heterocycles. The Hall–Kier alpha value is -0.545. The minimum atomic E-state index is -6.00. The Labute approximate surface area is 107 Å². The van der Waals surface area contributed by atoms with Crippen molar-refractivity contribution in [3.8, 4) is 0 Å². The summed E-state index contributed by atoms with van der Waals surface area (Å²) in [4.78, 5) is 0. The summed E-state index contributed by atoms with van der Waals surface area (Å²) < 4.78 is 41.3. The lowest BCUT2D eigenvalue weighted by molar-refractivity contribution is -0.482. The third-order valence-electron chi connectivity index (χ3n) is 4.76. The van der Waals surface area contributed by atoms with Crippen LogP contribution in [0.1, 0.15) is 41.5 Å². The lowest BCUT2D eigenvalue weighted by Gasteiger charge is -2.62. The Kier molecular flexibility index (Phi) is 4.39. The minimum absolute atomic E-state index is 0.333. The van der Waals surface area contributed by atoms with Crippen molar-refractivity contribution in [3.05, 3.63) is 0 Å². The van der Waals surface area contributed by atoms with Gasteiger partial charge >= 0.3 is 7.25 Å². The van der Waals surface area contributed by atoms with Gasteiger partial charge in [0.05, 0.1) is 10.8 Å². The number of rotatable bonds is 0. The van der Waals surface area contributed by atoms with Gasteiger partial charge in [-0.25, -0.2) is 4.58 Å². The van der Waals surface area contributed by atoms with Crippen LogP contribution >= 0.6 is 0 Å². The molecule has 6 heteroatoms. The first-order valence-electron chi connectivity index (χ1n) is 5.99. The van der Waals surface area contributed by atoms with Crippen LogP contribution in [0.15, 0.2) is 0 Å². The quantitative estimate of drug-likeness (QED) is 0.354. The molecule has 0 bridgehead atoms. The summed E-state index contributed by atoms with van der Waals surface area (Å²) in [5, 5.41) is 0. The zero-order chi connectivity index (χ0) is 15.2. The molecule has 1 aliphatic rings. The molecular formula is C12H24BF4N. The largest absolute Gasteiger partial charge is 0.673 e. The molecule has 1 saturated carbocycles. The number of hydrogen-bond acceptors (Lipinski definition) is 0. The Morgan fingerprint density at radius 1 is 0.778 bits per heavy atom. The maximum absolute atomic E-state index is 9.75. The van der Waals surface area contributed by atoms with Crippen LogP contribution in [0.4, 0.5) is 17.3 Å². The molecule has 108 valence electrons. The van der Waals surface area contributed by atoms with Crippen molar-refractivity contribution in [2.45, 2.75) is 41.5 Å². The lowest BCUT2D eigenvalue weighted by Crippen LogP contribution is -2.68. The summed E-state index contributed by atoms with van der Waals surface area (Å²) in [6, 6.07) is 0. The zero-order valence-electron chi connectivity index (χ0n) is 12.5. The van der Waals surface area contributed by atoms with Crippen LogP contribution in [-0.4, -0.2) is 31.6 Å². The summed E-state index contributed by atoms with van der Waals surface area (Å²) in [7, 11) is -1.68. The zero-order valence-corrected chi connectivity index (χ0v) is 12.5. The normalized spacial score (nSPS) is 23.7. The molecule has 1 rings (SSSR count). The molecule has 0 N–H and O–H groups in total. The SMILES string of the molecule is C[N+](C)=C1C(C)(C)C(C)(C)C1(C)C.F[B-](F)(F)F. The maximum atomic E-state index is 9.75. The van der Waals surface area contributed by atoms with Gasteiger partial charge in [-0.2, -0.15) is 0 Å². The van der Waals surface area contributed by atoms with E-state index >= 15 is 0 Å². The third-order valence-corrected chi connectivity index (χ3v) is 4.76. The molecule has 0 aromatic carbocycles. The molecule has 0 heterocycles. The summed E-state index contributed by atoms with van der Waals surface area (Å²) in [6.45, 7) is 14.2. The Balaban J connectivity index is 0.000000494. The lowest BCUT2D eigenvalue weighted by atomic mass is 9.38. The van der Waals surface area contributed by atoms with E-state index in [0.717, 1.165) is 0 Å². The topological polar surface area (TPSA) is 3.01 Å². The molecular weight excluding hydrogens is 245 g/mol. The van der Waals surface area contributed by atoms with E-state index in [1.165, 1.54) is 0 Å². The van der Waals surface area contributed by atoms with Gasteiger partial charge in [0, 0.05) is 0 Å². The van der Waals surface area contributed by atoms with E-state index in [0.29, 0.717) is 16.2 Å². The molecule has 0 aromatic heterocycles. The van der Waals surface area contributed by atoms with Crippen LogP contribution in [0.25, 0.3) is 0 Å². The van der Waals surface area contributed by atoms with Crippen molar-refractivity contribution in [2.75, 3.05) is 14.1 Å². The number of halogens is 4. The molecule has 1 nitrogen and oxygen atoms in total. The molecule has 0 atom stereocenters. The Morgan fingerprint density at radius 3 is 1.11 bits per heavy atom. The van der Waals surface area contributed by atoms with E-state index < -0.39 is 7.25 Å². The fraction of sp³-hybridized carbons (Fsp3) is 0.917. The maximum Gasteiger partial charge on any atom is 0.673 e. The van der Waals surface area contributed by atoms with E-state index in [2.05, 4.69) is 60.2 Å². The van der Waals surface area contributed by atoms with E-state index in [1.54, 1.807) is 5.71 Å². The van der Waals surface area contributed by atoms with Gasteiger partial charge in [0.15, 0.2) is 5.71 Å². The Bertz CT molecular complexity index is 324. The predicted molar refractivity (Wildman–Crippen MR) is 68.6 cm³/mol.